The molecule has 0 radical (unpaired) electrons. The van der Waals surface area contributed by atoms with Crippen molar-refractivity contribution in [2.24, 2.45) is 5.92 Å². The minimum atomic E-state index is -1.41. The molecule has 6 nitrogen and oxygen atoms in total. The number of Topliss-reactive ketones (excluding diaryl/α,β-unsaturated/α-hetero) is 1. The zero-order valence-electron chi connectivity index (χ0n) is 10.2. The summed E-state index contributed by atoms with van der Waals surface area (Å²) >= 11 is 0. The van der Waals surface area contributed by atoms with Crippen molar-refractivity contribution in [1.82, 2.24) is 5.32 Å². The highest BCUT2D eigenvalue weighted by molar-refractivity contribution is 6.10. The molecule has 0 aliphatic heterocycles. The maximum absolute atomic E-state index is 11.8. The molecule has 1 amide bonds. The van der Waals surface area contributed by atoms with Crippen LogP contribution in [0, 0.1) is 17.2 Å². The Balaban J connectivity index is 2.70. The van der Waals surface area contributed by atoms with Crippen LogP contribution in [0.25, 0.3) is 0 Å². The second-order valence-corrected chi connectivity index (χ2v) is 3.77. The number of rotatable bonds is 6. The summed E-state index contributed by atoms with van der Waals surface area (Å²) in [6.45, 7) is 2.02. The van der Waals surface area contributed by atoms with Crippen molar-refractivity contribution in [3.05, 3.63) is 24.2 Å². The Hall–Kier alpha value is -2.13. The lowest BCUT2D eigenvalue weighted by Crippen LogP contribution is -2.41. The SMILES string of the molecule is COC[C@@H](C)NC(=O)[C@H](C#N)C(=O)c1ccco1. The number of amides is 1. The van der Waals surface area contributed by atoms with Crippen molar-refractivity contribution in [3.8, 4) is 6.07 Å². The van der Waals surface area contributed by atoms with Gasteiger partial charge in [-0.2, -0.15) is 5.26 Å². The molecular formula is C12H14N2O4. The van der Waals surface area contributed by atoms with Gasteiger partial charge >= 0.3 is 0 Å². The zero-order chi connectivity index (χ0) is 13.5. The second kappa shape index (κ2) is 6.57. The number of carbonyl (C=O) groups excluding carboxylic acids is 2. The summed E-state index contributed by atoms with van der Waals surface area (Å²) in [6, 6.07) is 4.34. The molecule has 0 fully saturated rings. The zero-order valence-corrected chi connectivity index (χ0v) is 10.2. The van der Waals surface area contributed by atoms with Gasteiger partial charge in [0.2, 0.25) is 11.7 Å². The van der Waals surface area contributed by atoms with Gasteiger partial charge in [-0.05, 0) is 19.1 Å². The number of hydrogen-bond donors (Lipinski definition) is 1. The number of nitriles is 1. The van der Waals surface area contributed by atoms with E-state index in [0.717, 1.165) is 0 Å². The number of carbonyl (C=O) groups is 2. The van der Waals surface area contributed by atoms with Gasteiger partial charge in [0, 0.05) is 13.2 Å². The van der Waals surface area contributed by atoms with Crippen molar-refractivity contribution in [3.63, 3.8) is 0 Å². The van der Waals surface area contributed by atoms with Crippen LogP contribution >= 0.6 is 0 Å². The smallest absolute Gasteiger partial charge is 0.245 e. The number of methoxy groups -OCH3 is 1. The Morgan fingerprint density at radius 3 is 2.83 bits per heavy atom. The fourth-order valence-electron chi connectivity index (χ4n) is 1.42. The third kappa shape index (κ3) is 3.43. The average Bonchev–Trinajstić information content (AvgIpc) is 2.83. The van der Waals surface area contributed by atoms with Crippen LogP contribution < -0.4 is 5.32 Å². The fourth-order valence-corrected chi connectivity index (χ4v) is 1.42. The molecule has 1 heterocycles. The van der Waals surface area contributed by atoms with Gasteiger partial charge in [-0.3, -0.25) is 9.59 Å². The maximum Gasteiger partial charge on any atom is 0.245 e. The van der Waals surface area contributed by atoms with E-state index in [-0.39, 0.29) is 11.8 Å². The fraction of sp³-hybridized carbons (Fsp3) is 0.417. The van der Waals surface area contributed by atoms with Crippen molar-refractivity contribution in [2.75, 3.05) is 13.7 Å². The van der Waals surface area contributed by atoms with Gasteiger partial charge in [0.15, 0.2) is 11.7 Å². The lowest BCUT2D eigenvalue weighted by molar-refractivity contribution is -0.123. The van der Waals surface area contributed by atoms with Crippen LogP contribution in [-0.4, -0.2) is 31.4 Å². The molecule has 0 unspecified atom stereocenters. The van der Waals surface area contributed by atoms with E-state index >= 15 is 0 Å². The molecule has 1 N–H and O–H groups in total. The van der Waals surface area contributed by atoms with E-state index in [1.54, 1.807) is 13.0 Å². The molecule has 0 spiro atoms. The van der Waals surface area contributed by atoms with E-state index in [4.69, 9.17) is 14.4 Å². The quantitative estimate of drug-likeness (QED) is 0.594. The van der Waals surface area contributed by atoms with E-state index < -0.39 is 17.6 Å². The van der Waals surface area contributed by atoms with Crippen molar-refractivity contribution in [2.45, 2.75) is 13.0 Å². The molecule has 0 bridgehead atoms. The first kappa shape index (κ1) is 13.9. The number of hydrogen-bond acceptors (Lipinski definition) is 5. The maximum atomic E-state index is 11.8. The Kier molecular flexibility index (Phi) is 5.08. The van der Waals surface area contributed by atoms with Gasteiger partial charge in [0.05, 0.1) is 18.9 Å². The summed E-state index contributed by atoms with van der Waals surface area (Å²) < 4.78 is 9.72. The first-order valence-corrected chi connectivity index (χ1v) is 5.36. The molecule has 18 heavy (non-hydrogen) atoms. The van der Waals surface area contributed by atoms with E-state index in [2.05, 4.69) is 5.32 Å². The normalized spacial score (nSPS) is 13.4. The summed E-state index contributed by atoms with van der Waals surface area (Å²) in [5.41, 5.74) is 0. The Morgan fingerprint density at radius 1 is 1.61 bits per heavy atom. The Morgan fingerprint density at radius 2 is 2.33 bits per heavy atom. The minimum Gasteiger partial charge on any atom is -0.461 e. The topological polar surface area (TPSA) is 92.3 Å². The minimum absolute atomic E-state index is 0.00362. The molecule has 0 aliphatic carbocycles. The van der Waals surface area contributed by atoms with Gasteiger partial charge in [-0.25, -0.2) is 0 Å². The summed E-state index contributed by atoms with van der Waals surface area (Å²) in [4.78, 5) is 23.6. The summed E-state index contributed by atoms with van der Waals surface area (Å²) in [5, 5.41) is 11.4. The summed E-state index contributed by atoms with van der Waals surface area (Å²) in [5.74, 6) is -2.71. The van der Waals surface area contributed by atoms with Crippen LogP contribution in [0.2, 0.25) is 0 Å². The lowest BCUT2D eigenvalue weighted by atomic mass is 10.0. The Labute approximate surface area is 105 Å². The second-order valence-electron chi connectivity index (χ2n) is 3.77. The van der Waals surface area contributed by atoms with Crippen molar-refractivity contribution >= 4 is 11.7 Å². The highest BCUT2D eigenvalue weighted by atomic mass is 16.5. The third-order valence-electron chi connectivity index (χ3n) is 2.22. The van der Waals surface area contributed by atoms with E-state index in [0.29, 0.717) is 6.61 Å². The standard InChI is InChI=1S/C12H14N2O4/c1-8(7-17-2)14-12(16)9(6-13)11(15)10-4-3-5-18-10/h3-5,8-9H,7H2,1-2H3,(H,14,16)/t8-,9-/m1/s1. The Bertz CT molecular complexity index is 447. The highest BCUT2D eigenvalue weighted by Gasteiger charge is 2.29. The number of ketones is 1. The predicted octanol–water partition coefficient (Wildman–Crippen LogP) is 0.753. The van der Waals surface area contributed by atoms with Crippen LogP contribution in [-0.2, 0) is 9.53 Å². The largest absolute Gasteiger partial charge is 0.461 e. The van der Waals surface area contributed by atoms with Gasteiger partial charge in [0.1, 0.15) is 0 Å². The first-order chi connectivity index (χ1) is 8.60. The van der Waals surface area contributed by atoms with Gasteiger partial charge < -0.3 is 14.5 Å². The first-order valence-electron chi connectivity index (χ1n) is 5.36. The molecule has 0 aliphatic rings. The number of ether oxygens (including phenoxy) is 1. The molecule has 0 saturated carbocycles. The van der Waals surface area contributed by atoms with Crippen molar-refractivity contribution < 1.29 is 18.7 Å². The lowest BCUT2D eigenvalue weighted by Gasteiger charge is -2.14. The molecule has 0 aromatic carbocycles. The third-order valence-corrected chi connectivity index (χ3v) is 2.22. The van der Waals surface area contributed by atoms with Gasteiger partial charge in [0.25, 0.3) is 0 Å². The molecule has 6 heteroatoms. The average molecular weight is 250 g/mol. The summed E-state index contributed by atoms with van der Waals surface area (Å²) in [7, 11) is 1.50. The van der Waals surface area contributed by atoms with E-state index in [1.165, 1.54) is 25.5 Å². The molecular weight excluding hydrogens is 236 g/mol. The van der Waals surface area contributed by atoms with Crippen LogP contribution in [0.5, 0.6) is 0 Å². The van der Waals surface area contributed by atoms with Crippen LogP contribution in [0.4, 0.5) is 0 Å². The number of furan rings is 1. The number of nitrogens with zero attached hydrogens (tertiary/aromatic N) is 1. The van der Waals surface area contributed by atoms with Crippen LogP contribution in [0.3, 0.4) is 0 Å². The molecule has 0 saturated heterocycles. The molecule has 96 valence electrons. The predicted molar refractivity (Wildman–Crippen MR) is 61.6 cm³/mol. The monoisotopic (exact) mass is 250 g/mol. The molecule has 2 atom stereocenters. The van der Waals surface area contributed by atoms with Crippen LogP contribution in [0.1, 0.15) is 17.5 Å². The van der Waals surface area contributed by atoms with E-state index in [9.17, 15) is 9.59 Å². The molecule has 1 rings (SSSR count). The van der Waals surface area contributed by atoms with Gasteiger partial charge in [-0.1, -0.05) is 0 Å². The number of nitrogens with one attached hydrogen (secondary N) is 1. The van der Waals surface area contributed by atoms with Crippen molar-refractivity contribution in [1.29, 1.82) is 5.26 Å². The summed E-state index contributed by atoms with van der Waals surface area (Å²) in [6.07, 6.45) is 1.31. The molecule has 1 aromatic rings. The van der Waals surface area contributed by atoms with E-state index in [1.807, 2.05) is 0 Å². The molecule has 1 aromatic heterocycles. The highest BCUT2D eigenvalue weighted by Crippen LogP contribution is 2.09. The van der Waals surface area contributed by atoms with Gasteiger partial charge in [-0.15, -0.1) is 0 Å². The van der Waals surface area contributed by atoms with Crippen LogP contribution in [0.15, 0.2) is 22.8 Å².